The molecule has 42 heavy (non-hydrogen) atoms. The Morgan fingerprint density at radius 3 is 2.33 bits per heavy atom. The van der Waals surface area contributed by atoms with Crippen molar-refractivity contribution in [3.8, 4) is 11.5 Å². The highest BCUT2D eigenvalue weighted by molar-refractivity contribution is 7.92. The van der Waals surface area contributed by atoms with Gasteiger partial charge in [0, 0.05) is 24.2 Å². The molecule has 0 radical (unpaired) electrons. The van der Waals surface area contributed by atoms with Crippen LogP contribution in [0.25, 0.3) is 0 Å². The fourth-order valence-electron chi connectivity index (χ4n) is 4.35. The Hall–Kier alpha value is -3.83. The molecule has 0 aliphatic carbocycles. The number of rotatable bonds is 12. The molecule has 1 N–H and O–H groups in total. The van der Waals surface area contributed by atoms with Gasteiger partial charge in [-0.1, -0.05) is 37.1 Å². The summed E-state index contributed by atoms with van der Waals surface area (Å²) in [5.74, 6) is -0.901. The number of hydrogen-bond donors (Lipinski definition) is 1. The van der Waals surface area contributed by atoms with E-state index in [4.69, 9.17) is 21.1 Å². The fraction of sp³-hybridized carbons (Fsp3) is 0.333. The van der Waals surface area contributed by atoms with Crippen molar-refractivity contribution in [3.05, 3.63) is 83.1 Å². The Bertz CT molecular complexity index is 1500. The van der Waals surface area contributed by atoms with Crippen LogP contribution >= 0.6 is 11.6 Å². The van der Waals surface area contributed by atoms with Gasteiger partial charge in [-0.05, 0) is 67.4 Å². The molecular formula is C30H33ClFN3O6S. The summed E-state index contributed by atoms with van der Waals surface area (Å²) in [6.45, 7) is 4.01. The Labute approximate surface area is 250 Å². The summed E-state index contributed by atoms with van der Waals surface area (Å²) < 4.78 is 53.8. The van der Waals surface area contributed by atoms with Crippen molar-refractivity contribution in [1.29, 1.82) is 0 Å². The number of anilines is 1. The lowest BCUT2D eigenvalue weighted by molar-refractivity contribution is -0.139. The van der Waals surface area contributed by atoms with Crippen molar-refractivity contribution in [3.63, 3.8) is 0 Å². The minimum Gasteiger partial charge on any atom is -0.486 e. The lowest BCUT2D eigenvalue weighted by Gasteiger charge is -2.32. The van der Waals surface area contributed by atoms with Gasteiger partial charge >= 0.3 is 0 Å². The molecule has 0 saturated heterocycles. The first kappa shape index (κ1) is 31.1. The van der Waals surface area contributed by atoms with Gasteiger partial charge in [0.25, 0.3) is 10.0 Å². The second-order valence-electron chi connectivity index (χ2n) is 9.76. The van der Waals surface area contributed by atoms with Crippen molar-refractivity contribution in [2.45, 2.75) is 44.2 Å². The molecule has 12 heteroatoms. The molecule has 4 rings (SSSR count). The average molecular weight is 618 g/mol. The molecule has 0 unspecified atom stereocenters. The molecule has 0 bridgehead atoms. The summed E-state index contributed by atoms with van der Waals surface area (Å²) in [7, 11) is -4.36. The number of hydrogen-bond acceptors (Lipinski definition) is 6. The van der Waals surface area contributed by atoms with Crippen LogP contribution in [0, 0.1) is 5.82 Å². The number of amides is 2. The Kier molecular flexibility index (Phi) is 10.3. The summed E-state index contributed by atoms with van der Waals surface area (Å²) in [6, 6.07) is 14.8. The molecule has 1 atom stereocenters. The number of carbonyl (C=O) groups is 2. The van der Waals surface area contributed by atoms with E-state index in [1.165, 1.54) is 35.2 Å². The van der Waals surface area contributed by atoms with E-state index >= 15 is 0 Å². The highest BCUT2D eigenvalue weighted by Crippen LogP contribution is 2.34. The Morgan fingerprint density at radius 2 is 1.67 bits per heavy atom. The zero-order valence-electron chi connectivity index (χ0n) is 23.4. The molecule has 224 valence electrons. The number of carbonyl (C=O) groups excluding carboxylic acids is 2. The van der Waals surface area contributed by atoms with Crippen LogP contribution in [-0.4, -0.2) is 57.5 Å². The largest absolute Gasteiger partial charge is 0.486 e. The maximum absolute atomic E-state index is 14.0. The third-order valence-electron chi connectivity index (χ3n) is 6.76. The van der Waals surface area contributed by atoms with Gasteiger partial charge in [0.05, 0.1) is 10.6 Å². The lowest BCUT2D eigenvalue weighted by Crippen LogP contribution is -2.51. The molecule has 1 heterocycles. The summed E-state index contributed by atoms with van der Waals surface area (Å²) in [5.41, 5.74) is 0.773. The van der Waals surface area contributed by atoms with Crippen LogP contribution in [0.4, 0.5) is 10.1 Å². The number of unbranched alkanes of at least 4 members (excludes halogenated alkanes) is 1. The summed E-state index contributed by atoms with van der Waals surface area (Å²) in [6.07, 6.45) is 1.65. The van der Waals surface area contributed by atoms with E-state index in [0.29, 0.717) is 29.5 Å². The summed E-state index contributed by atoms with van der Waals surface area (Å²) in [5, 5.41) is 3.35. The predicted octanol–water partition coefficient (Wildman–Crippen LogP) is 4.78. The van der Waals surface area contributed by atoms with Gasteiger partial charge in [-0.3, -0.25) is 13.9 Å². The van der Waals surface area contributed by atoms with E-state index < -0.39 is 34.3 Å². The van der Waals surface area contributed by atoms with Crippen LogP contribution in [0.15, 0.2) is 71.6 Å². The van der Waals surface area contributed by atoms with Crippen LogP contribution in [0.5, 0.6) is 11.5 Å². The molecule has 3 aromatic carbocycles. The van der Waals surface area contributed by atoms with Gasteiger partial charge in [-0.15, -0.1) is 0 Å². The molecule has 0 saturated carbocycles. The van der Waals surface area contributed by atoms with Crippen molar-refractivity contribution in [1.82, 2.24) is 10.2 Å². The third kappa shape index (κ3) is 7.51. The Balaban J connectivity index is 1.69. The zero-order chi connectivity index (χ0) is 30.3. The highest BCUT2D eigenvalue weighted by Gasteiger charge is 2.33. The molecule has 0 aromatic heterocycles. The molecule has 3 aromatic rings. The summed E-state index contributed by atoms with van der Waals surface area (Å²) >= 11 is 6.03. The first-order valence-electron chi connectivity index (χ1n) is 13.6. The minimum atomic E-state index is -4.36. The van der Waals surface area contributed by atoms with E-state index in [-0.39, 0.29) is 35.4 Å². The lowest BCUT2D eigenvalue weighted by atomic mass is 10.1. The van der Waals surface area contributed by atoms with Crippen LogP contribution in [0.1, 0.15) is 32.3 Å². The fourth-order valence-corrected chi connectivity index (χ4v) is 5.91. The van der Waals surface area contributed by atoms with Gasteiger partial charge in [0.15, 0.2) is 11.5 Å². The van der Waals surface area contributed by atoms with Crippen molar-refractivity contribution in [2.75, 3.05) is 30.6 Å². The van der Waals surface area contributed by atoms with Crippen molar-refractivity contribution < 1.29 is 31.9 Å². The normalized spacial score (nSPS) is 13.2. The van der Waals surface area contributed by atoms with Crippen LogP contribution in [0.3, 0.4) is 0 Å². The van der Waals surface area contributed by atoms with Crippen LogP contribution in [0.2, 0.25) is 5.02 Å². The summed E-state index contributed by atoms with van der Waals surface area (Å²) in [4.78, 5) is 28.2. The second-order valence-corrected chi connectivity index (χ2v) is 12.1. The number of nitrogens with zero attached hydrogens (tertiary/aromatic N) is 2. The van der Waals surface area contributed by atoms with E-state index in [2.05, 4.69) is 5.32 Å². The number of ether oxygens (including phenoxy) is 2. The van der Waals surface area contributed by atoms with Gasteiger partial charge < -0.3 is 19.7 Å². The monoisotopic (exact) mass is 617 g/mol. The molecular weight excluding hydrogens is 585 g/mol. The van der Waals surface area contributed by atoms with E-state index in [9.17, 15) is 22.4 Å². The molecule has 1 aliphatic rings. The molecule has 0 spiro atoms. The van der Waals surface area contributed by atoms with Gasteiger partial charge in [-0.25, -0.2) is 12.8 Å². The maximum Gasteiger partial charge on any atom is 0.264 e. The Morgan fingerprint density at radius 1 is 1.00 bits per heavy atom. The van der Waals surface area contributed by atoms with E-state index in [0.717, 1.165) is 29.3 Å². The third-order valence-corrected chi connectivity index (χ3v) is 8.78. The van der Waals surface area contributed by atoms with Crippen LogP contribution < -0.4 is 19.1 Å². The minimum absolute atomic E-state index is 0.0275. The quantitative estimate of drug-likeness (QED) is 0.293. The highest BCUT2D eigenvalue weighted by atomic mass is 35.5. The number of nitrogens with one attached hydrogen (secondary N) is 1. The molecule has 9 nitrogen and oxygen atoms in total. The second kappa shape index (κ2) is 13.9. The number of benzene rings is 3. The standard InChI is InChI=1S/C30H33ClFN3O6S/c1-3-4-15-33-30(37)21(2)34(19-22-5-7-23(31)8-6-22)29(36)20-35(25-11-9-24(32)10-12-25)42(38,39)26-13-14-27-28(18-26)41-17-16-40-27/h5-14,18,21H,3-4,15-17,19-20H2,1-2H3,(H,33,37)/t21-/m0/s1. The van der Waals surface area contributed by atoms with E-state index in [1.54, 1.807) is 31.2 Å². The first-order valence-corrected chi connectivity index (χ1v) is 15.4. The van der Waals surface area contributed by atoms with Gasteiger partial charge in [0.2, 0.25) is 11.8 Å². The van der Waals surface area contributed by atoms with Crippen LogP contribution in [-0.2, 0) is 26.2 Å². The van der Waals surface area contributed by atoms with Crippen molar-refractivity contribution >= 4 is 39.1 Å². The average Bonchev–Trinajstić information content (AvgIpc) is 2.99. The van der Waals surface area contributed by atoms with Gasteiger partial charge in [-0.2, -0.15) is 0 Å². The maximum atomic E-state index is 14.0. The zero-order valence-corrected chi connectivity index (χ0v) is 25.0. The predicted molar refractivity (Wildman–Crippen MR) is 158 cm³/mol. The molecule has 1 aliphatic heterocycles. The smallest absolute Gasteiger partial charge is 0.264 e. The molecule has 2 amide bonds. The topological polar surface area (TPSA) is 105 Å². The molecule has 0 fully saturated rings. The number of fused-ring (bicyclic) bond motifs is 1. The number of halogens is 2. The van der Waals surface area contributed by atoms with Gasteiger partial charge in [0.1, 0.15) is 31.6 Å². The van der Waals surface area contributed by atoms with Crippen molar-refractivity contribution in [2.24, 2.45) is 0 Å². The SMILES string of the molecule is CCCCNC(=O)[C@H](C)N(Cc1ccc(Cl)cc1)C(=O)CN(c1ccc(F)cc1)S(=O)(=O)c1ccc2c(c1)OCCO2. The number of sulfonamides is 1. The first-order chi connectivity index (χ1) is 20.1. The van der Waals surface area contributed by atoms with E-state index in [1.807, 2.05) is 6.92 Å².